The third-order valence-electron chi connectivity index (χ3n) is 6.96. The average molecular weight is 509 g/mol. The molecule has 3 aromatic rings. The monoisotopic (exact) mass is 508 g/mol. The maximum Gasteiger partial charge on any atom is 0.264 e. The molecule has 194 valence electrons. The number of hydrogen-bond acceptors (Lipinski definition) is 5. The van der Waals surface area contributed by atoms with E-state index < -0.39 is 23.6 Å². The van der Waals surface area contributed by atoms with Crippen molar-refractivity contribution in [3.63, 3.8) is 0 Å². The number of ether oxygens (including phenoxy) is 2. The molecule has 0 saturated carbocycles. The molecule has 1 N–H and O–H groups in total. The maximum atomic E-state index is 13.5. The van der Waals surface area contributed by atoms with E-state index in [0.717, 1.165) is 60.5 Å². The first-order valence-electron chi connectivity index (χ1n) is 12.5. The van der Waals surface area contributed by atoms with Gasteiger partial charge >= 0.3 is 0 Å². The number of carbonyl (C=O) groups is 1. The lowest BCUT2D eigenvalue weighted by molar-refractivity contribution is 0.0742. The molecule has 0 unspecified atom stereocenters. The fraction of sp³-hybridized carbons (Fsp3) is 0.345. The van der Waals surface area contributed by atoms with Gasteiger partial charge in [-0.3, -0.25) is 4.79 Å². The van der Waals surface area contributed by atoms with Gasteiger partial charge in [0, 0.05) is 31.7 Å². The third kappa shape index (κ3) is 5.69. The molecule has 0 bridgehead atoms. The molecule has 8 heteroatoms. The highest BCUT2D eigenvalue weighted by atomic mass is 19.3. The molecule has 1 saturated heterocycles. The summed E-state index contributed by atoms with van der Waals surface area (Å²) in [4.78, 5) is 17.4. The summed E-state index contributed by atoms with van der Waals surface area (Å²) in [6.45, 7) is 2.75. The summed E-state index contributed by atoms with van der Waals surface area (Å²) >= 11 is 0. The van der Waals surface area contributed by atoms with Crippen molar-refractivity contribution in [3.8, 4) is 17.2 Å². The van der Waals surface area contributed by atoms with Crippen molar-refractivity contribution in [2.75, 3.05) is 20.1 Å². The van der Waals surface area contributed by atoms with Gasteiger partial charge in [-0.15, -0.1) is 0 Å². The first-order valence-corrected chi connectivity index (χ1v) is 12.5. The molecule has 5 rings (SSSR count). The number of benzene rings is 3. The molecule has 1 fully saturated rings. The summed E-state index contributed by atoms with van der Waals surface area (Å²) in [5.74, 6) is -0.284. The quantitative estimate of drug-likeness (QED) is 0.454. The Labute approximate surface area is 215 Å². The lowest BCUT2D eigenvalue weighted by Gasteiger charge is -2.29. The second-order valence-electron chi connectivity index (χ2n) is 9.70. The van der Waals surface area contributed by atoms with Crippen LogP contribution in [0.3, 0.4) is 0 Å². The van der Waals surface area contributed by atoms with Gasteiger partial charge in [-0.25, -0.2) is 8.78 Å². The molecule has 2 heterocycles. The van der Waals surface area contributed by atoms with Gasteiger partial charge in [0.05, 0.1) is 0 Å². The number of piperidine rings is 1. The highest BCUT2D eigenvalue weighted by molar-refractivity contribution is 6.00. The summed E-state index contributed by atoms with van der Waals surface area (Å²) < 4.78 is 38.9. The van der Waals surface area contributed by atoms with Gasteiger partial charge in [-0.05, 0) is 60.8 Å². The Balaban J connectivity index is 1.34. The molecule has 0 radical (unpaired) electrons. The number of rotatable bonds is 7. The number of phenolic OH excluding ortho intramolecular Hbond substituents is 1. The van der Waals surface area contributed by atoms with Crippen LogP contribution in [0.1, 0.15) is 51.9 Å². The number of alkyl halides is 2. The largest absolute Gasteiger partial charge is 0.507 e. The molecule has 37 heavy (non-hydrogen) atoms. The van der Waals surface area contributed by atoms with Gasteiger partial charge in [0.15, 0.2) is 0 Å². The maximum absolute atomic E-state index is 13.5. The zero-order valence-corrected chi connectivity index (χ0v) is 20.7. The van der Waals surface area contributed by atoms with E-state index in [1.807, 2.05) is 48.5 Å². The molecule has 0 atom stereocenters. The van der Waals surface area contributed by atoms with Crippen LogP contribution in [0.2, 0.25) is 0 Å². The smallest absolute Gasteiger partial charge is 0.264 e. The molecular formula is C29H30F2N2O4. The Morgan fingerprint density at radius 1 is 1.03 bits per heavy atom. The van der Waals surface area contributed by atoms with Gasteiger partial charge in [-0.2, -0.15) is 0 Å². The van der Waals surface area contributed by atoms with Crippen LogP contribution in [-0.2, 0) is 19.7 Å². The van der Waals surface area contributed by atoms with E-state index in [1.165, 1.54) is 0 Å². The number of halogens is 2. The van der Waals surface area contributed by atoms with Crippen LogP contribution >= 0.6 is 0 Å². The Bertz CT molecular complexity index is 1260. The highest BCUT2D eigenvalue weighted by Gasteiger charge is 2.30. The fourth-order valence-electron chi connectivity index (χ4n) is 4.85. The molecule has 3 aromatic carbocycles. The zero-order chi connectivity index (χ0) is 25.9. The Morgan fingerprint density at radius 2 is 1.76 bits per heavy atom. The highest BCUT2D eigenvalue weighted by Crippen LogP contribution is 2.37. The van der Waals surface area contributed by atoms with Gasteiger partial charge in [-0.1, -0.05) is 36.4 Å². The van der Waals surface area contributed by atoms with Crippen LogP contribution < -0.4 is 9.47 Å². The summed E-state index contributed by atoms with van der Waals surface area (Å²) in [6, 6.07) is 17.1. The van der Waals surface area contributed by atoms with Gasteiger partial charge in [0.1, 0.15) is 35.5 Å². The van der Waals surface area contributed by atoms with E-state index in [-0.39, 0.29) is 24.0 Å². The number of amides is 1. The van der Waals surface area contributed by atoms with Crippen molar-refractivity contribution < 1.29 is 28.2 Å². The van der Waals surface area contributed by atoms with Crippen LogP contribution in [0, 0.1) is 0 Å². The Morgan fingerprint density at radius 3 is 2.49 bits per heavy atom. The van der Waals surface area contributed by atoms with Crippen LogP contribution in [0.5, 0.6) is 17.2 Å². The van der Waals surface area contributed by atoms with E-state index in [0.29, 0.717) is 13.1 Å². The topological polar surface area (TPSA) is 62.2 Å². The lowest BCUT2D eigenvalue weighted by atomic mass is 10.1. The number of nitrogens with zero attached hydrogens (tertiary/aromatic N) is 2. The predicted octanol–water partition coefficient (Wildman–Crippen LogP) is 5.54. The predicted molar refractivity (Wildman–Crippen MR) is 135 cm³/mol. The van der Waals surface area contributed by atoms with E-state index in [4.69, 9.17) is 9.47 Å². The van der Waals surface area contributed by atoms with E-state index in [1.54, 1.807) is 4.90 Å². The van der Waals surface area contributed by atoms with Crippen molar-refractivity contribution in [1.82, 2.24) is 9.80 Å². The number of phenols is 1. The van der Waals surface area contributed by atoms with Crippen molar-refractivity contribution in [2.45, 2.75) is 45.1 Å². The van der Waals surface area contributed by atoms with Crippen molar-refractivity contribution in [3.05, 3.63) is 88.5 Å². The second-order valence-corrected chi connectivity index (χ2v) is 9.70. The van der Waals surface area contributed by atoms with Crippen LogP contribution in [0.15, 0.2) is 60.7 Å². The molecular weight excluding hydrogens is 478 g/mol. The van der Waals surface area contributed by atoms with Crippen molar-refractivity contribution in [1.29, 1.82) is 0 Å². The first-order chi connectivity index (χ1) is 17.9. The van der Waals surface area contributed by atoms with E-state index >= 15 is 0 Å². The molecule has 2 aliphatic rings. The van der Waals surface area contributed by atoms with E-state index in [2.05, 4.69) is 11.9 Å². The SMILES string of the molecule is CN1CCC(Oc2ccc3c(c2)CN(C(=O)c2c(O)cc(C(F)F)cc2OCc2ccccc2)C3)CC1. The number of aromatic hydroxyl groups is 1. The van der Waals surface area contributed by atoms with Crippen LogP contribution in [0.25, 0.3) is 0 Å². The minimum Gasteiger partial charge on any atom is -0.507 e. The number of hydrogen-bond donors (Lipinski definition) is 1. The number of carbonyl (C=O) groups excluding carboxylic acids is 1. The normalized spacial score (nSPS) is 16.2. The first kappa shape index (κ1) is 25.0. The zero-order valence-electron chi connectivity index (χ0n) is 20.7. The minimum absolute atomic E-state index is 0.0635. The molecule has 0 aliphatic carbocycles. The van der Waals surface area contributed by atoms with Gasteiger partial charge in [0.2, 0.25) is 0 Å². The summed E-state index contributed by atoms with van der Waals surface area (Å²) in [5.41, 5.74) is 2.25. The summed E-state index contributed by atoms with van der Waals surface area (Å²) in [5, 5.41) is 10.6. The molecule has 2 aliphatic heterocycles. The standard InChI is InChI=1S/C29H30F2N2O4/c1-32-11-9-23(10-12-32)37-24-8-7-20-16-33(17-22(20)13-24)29(35)27-25(34)14-21(28(30)31)15-26(27)36-18-19-5-3-2-4-6-19/h2-8,13-15,23,28,34H,9-12,16-18H2,1H3. The van der Waals surface area contributed by atoms with Crippen molar-refractivity contribution >= 4 is 5.91 Å². The third-order valence-corrected chi connectivity index (χ3v) is 6.96. The van der Waals surface area contributed by atoms with Gasteiger partial charge in [0.25, 0.3) is 12.3 Å². The Kier molecular flexibility index (Phi) is 7.28. The van der Waals surface area contributed by atoms with Gasteiger partial charge < -0.3 is 24.4 Å². The minimum atomic E-state index is -2.81. The molecule has 0 spiro atoms. The van der Waals surface area contributed by atoms with Crippen molar-refractivity contribution in [2.24, 2.45) is 0 Å². The number of fused-ring (bicyclic) bond motifs is 1. The van der Waals surface area contributed by atoms with Crippen LogP contribution in [-0.4, -0.2) is 47.1 Å². The molecule has 0 aromatic heterocycles. The molecule has 6 nitrogen and oxygen atoms in total. The number of likely N-dealkylation sites (tertiary alicyclic amines) is 1. The van der Waals surface area contributed by atoms with E-state index in [9.17, 15) is 18.7 Å². The fourth-order valence-corrected chi connectivity index (χ4v) is 4.85. The Hall–Kier alpha value is -3.65. The summed E-state index contributed by atoms with van der Waals surface area (Å²) in [6.07, 6.45) is -0.702. The average Bonchev–Trinajstić information content (AvgIpc) is 3.32. The second kappa shape index (κ2) is 10.8. The van der Waals surface area contributed by atoms with Crippen LogP contribution in [0.4, 0.5) is 8.78 Å². The molecule has 1 amide bonds. The summed E-state index contributed by atoms with van der Waals surface area (Å²) in [7, 11) is 2.11. The lowest BCUT2D eigenvalue weighted by Crippen LogP contribution is -2.35.